The van der Waals surface area contributed by atoms with E-state index in [1.807, 2.05) is 0 Å². The molecule has 3 nitrogen and oxygen atoms in total. The van der Waals surface area contributed by atoms with Gasteiger partial charge in [-0.1, -0.05) is 12.1 Å². The molecule has 2 rings (SSSR count). The number of methoxy groups -OCH3 is 1. The zero-order chi connectivity index (χ0) is 15.4. The molecule has 0 saturated heterocycles. The molecule has 0 aliphatic heterocycles. The van der Waals surface area contributed by atoms with Crippen molar-refractivity contribution in [3.8, 4) is 0 Å². The first-order valence-corrected chi connectivity index (χ1v) is 6.06. The third-order valence-electron chi connectivity index (χ3n) is 2.85. The zero-order valence-corrected chi connectivity index (χ0v) is 11.1. The smallest absolute Gasteiger partial charge is 0.332 e. The van der Waals surface area contributed by atoms with E-state index in [1.165, 1.54) is 31.4 Å². The van der Waals surface area contributed by atoms with Gasteiger partial charge in [-0.2, -0.15) is 0 Å². The molecular formula is C15H12F3NO2. The number of halogens is 3. The van der Waals surface area contributed by atoms with Gasteiger partial charge < -0.3 is 10.1 Å². The highest BCUT2D eigenvalue weighted by molar-refractivity contribution is 5.81. The summed E-state index contributed by atoms with van der Waals surface area (Å²) >= 11 is 0. The fourth-order valence-corrected chi connectivity index (χ4v) is 1.83. The van der Waals surface area contributed by atoms with Gasteiger partial charge in [-0.15, -0.1) is 0 Å². The molecule has 0 saturated carbocycles. The van der Waals surface area contributed by atoms with Gasteiger partial charge in [0, 0.05) is 5.69 Å². The number of benzene rings is 2. The number of anilines is 1. The number of rotatable bonds is 4. The summed E-state index contributed by atoms with van der Waals surface area (Å²) in [5.74, 6) is -3.30. The average Bonchev–Trinajstić information content (AvgIpc) is 2.47. The Morgan fingerprint density at radius 1 is 1.10 bits per heavy atom. The van der Waals surface area contributed by atoms with Crippen LogP contribution in [-0.4, -0.2) is 13.1 Å². The van der Waals surface area contributed by atoms with Crippen molar-refractivity contribution in [2.45, 2.75) is 6.04 Å². The van der Waals surface area contributed by atoms with Gasteiger partial charge in [0.05, 0.1) is 7.11 Å². The van der Waals surface area contributed by atoms with E-state index >= 15 is 0 Å². The van der Waals surface area contributed by atoms with Crippen molar-refractivity contribution in [3.63, 3.8) is 0 Å². The molecule has 0 amide bonds. The number of esters is 1. The molecule has 0 aliphatic rings. The lowest BCUT2D eigenvalue weighted by atomic mass is 10.1. The van der Waals surface area contributed by atoms with E-state index in [9.17, 15) is 18.0 Å². The molecular weight excluding hydrogens is 283 g/mol. The van der Waals surface area contributed by atoms with Gasteiger partial charge in [0.25, 0.3) is 0 Å². The molecule has 0 radical (unpaired) electrons. The SMILES string of the molecule is COC(=O)C(Nc1cccc(F)c1)c1ccc(F)c(F)c1. The highest BCUT2D eigenvalue weighted by Crippen LogP contribution is 2.23. The van der Waals surface area contributed by atoms with Crippen LogP contribution < -0.4 is 5.32 Å². The largest absolute Gasteiger partial charge is 0.467 e. The number of hydrogen-bond donors (Lipinski definition) is 1. The van der Waals surface area contributed by atoms with Crippen LogP contribution >= 0.6 is 0 Å². The first kappa shape index (κ1) is 14.9. The van der Waals surface area contributed by atoms with Crippen LogP contribution in [0, 0.1) is 17.5 Å². The summed E-state index contributed by atoms with van der Waals surface area (Å²) in [6.07, 6.45) is 0. The van der Waals surface area contributed by atoms with Gasteiger partial charge in [0.1, 0.15) is 5.82 Å². The van der Waals surface area contributed by atoms with Crippen molar-refractivity contribution in [3.05, 3.63) is 65.5 Å². The monoisotopic (exact) mass is 295 g/mol. The Kier molecular flexibility index (Phi) is 4.47. The van der Waals surface area contributed by atoms with Crippen LogP contribution in [0.4, 0.5) is 18.9 Å². The van der Waals surface area contributed by atoms with E-state index < -0.39 is 29.5 Å². The van der Waals surface area contributed by atoms with Gasteiger partial charge in [-0.25, -0.2) is 18.0 Å². The number of carbonyl (C=O) groups is 1. The maximum atomic E-state index is 13.3. The lowest BCUT2D eigenvalue weighted by molar-refractivity contribution is -0.141. The molecule has 0 fully saturated rings. The molecule has 110 valence electrons. The summed E-state index contributed by atoms with van der Waals surface area (Å²) in [6, 6.07) is 7.40. The van der Waals surface area contributed by atoms with Crippen LogP contribution in [-0.2, 0) is 9.53 Å². The van der Waals surface area contributed by atoms with Crippen molar-refractivity contribution in [1.29, 1.82) is 0 Å². The summed E-state index contributed by atoms with van der Waals surface area (Å²) in [4.78, 5) is 11.8. The van der Waals surface area contributed by atoms with Gasteiger partial charge in [0.2, 0.25) is 0 Å². The Labute approximate surface area is 119 Å². The first-order chi connectivity index (χ1) is 10.0. The zero-order valence-electron chi connectivity index (χ0n) is 11.1. The normalized spacial score (nSPS) is 11.8. The molecule has 0 bridgehead atoms. The van der Waals surface area contributed by atoms with Gasteiger partial charge in [0.15, 0.2) is 17.7 Å². The van der Waals surface area contributed by atoms with Crippen molar-refractivity contribution >= 4 is 11.7 Å². The fraction of sp³-hybridized carbons (Fsp3) is 0.133. The predicted octanol–water partition coefficient (Wildman–Crippen LogP) is 3.43. The second-order valence-electron chi connectivity index (χ2n) is 4.28. The van der Waals surface area contributed by atoms with Gasteiger partial charge >= 0.3 is 5.97 Å². The van der Waals surface area contributed by atoms with Crippen LogP contribution in [0.1, 0.15) is 11.6 Å². The fourth-order valence-electron chi connectivity index (χ4n) is 1.83. The minimum absolute atomic E-state index is 0.171. The van der Waals surface area contributed by atoms with Crippen molar-refractivity contribution in [2.75, 3.05) is 12.4 Å². The summed E-state index contributed by atoms with van der Waals surface area (Å²) in [5, 5.41) is 2.73. The van der Waals surface area contributed by atoms with E-state index in [-0.39, 0.29) is 5.56 Å². The molecule has 1 N–H and O–H groups in total. The maximum absolute atomic E-state index is 13.3. The number of ether oxygens (including phenoxy) is 1. The molecule has 0 aromatic heterocycles. The molecule has 1 atom stereocenters. The van der Waals surface area contributed by atoms with E-state index in [2.05, 4.69) is 10.1 Å². The Morgan fingerprint density at radius 3 is 2.48 bits per heavy atom. The highest BCUT2D eigenvalue weighted by atomic mass is 19.2. The summed E-state index contributed by atoms with van der Waals surface area (Å²) in [7, 11) is 1.17. The lowest BCUT2D eigenvalue weighted by Gasteiger charge is -2.18. The van der Waals surface area contributed by atoms with Gasteiger partial charge in [-0.3, -0.25) is 0 Å². The molecule has 0 aliphatic carbocycles. The van der Waals surface area contributed by atoms with Crippen molar-refractivity contribution < 1.29 is 22.7 Å². The third-order valence-corrected chi connectivity index (χ3v) is 2.85. The Balaban J connectivity index is 2.34. The van der Waals surface area contributed by atoms with Crippen LogP contribution in [0.2, 0.25) is 0 Å². The number of hydrogen-bond acceptors (Lipinski definition) is 3. The molecule has 0 spiro atoms. The average molecular weight is 295 g/mol. The van der Waals surface area contributed by atoms with Gasteiger partial charge in [-0.05, 0) is 35.9 Å². The van der Waals surface area contributed by atoms with E-state index in [1.54, 1.807) is 6.07 Å². The highest BCUT2D eigenvalue weighted by Gasteiger charge is 2.22. The minimum Gasteiger partial charge on any atom is -0.467 e. The Bertz CT molecular complexity index is 661. The molecule has 1 unspecified atom stereocenters. The maximum Gasteiger partial charge on any atom is 0.332 e. The van der Waals surface area contributed by atoms with Crippen LogP contribution in [0.5, 0.6) is 0 Å². The van der Waals surface area contributed by atoms with Crippen molar-refractivity contribution in [2.24, 2.45) is 0 Å². The molecule has 6 heteroatoms. The summed E-state index contributed by atoms with van der Waals surface area (Å²) in [6.45, 7) is 0. The summed E-state index contributed by atoms with van der Waals surface area (Å²) in [5.41, 5.74) is 0.486. The van der Waals surface area contributed by atoms with Crippen LogP contribution in [0.25, 0.3) is 0 Å². The van der Waals surface area contributed by atoms with Crippen LogP contribution in [0.15, 0.2) is 42.5 Å². The molecule has 2 aromatic carbocycles. The summed E-state index contributed by atoms with van der Waals surface area (Å²) < 4.78 is 44.0. The molecule has 2 aromatic rings. The number of carbonyl (C=O) groups excluding carboxylic acids is 1. The van der Waals surface area contributed by atoms with E-state index in [4.69, 9.17) is 0 Å². The first-order valence-electron chi connectivity index (χ1n) is 6.06. The second-order valence-corrected chi connectivity index (χ2v) is 4.28. The molecule has 0 heterocycles. The minimum atomic E-state index is -1.08. The Morgan fingerprint density at radius 2 is 1.86 bits per heavy atom. The molecule has 21 heavy (non-hydrogen) atoms. The quantitative estimate of drug-likeness (QED) is 0.878. The standard InChI is InChI=1S/C15H12F3NO2/c1-21-15(20)14(9-5-6-12(17)13(18)7-9)19-11-4-2-3-10(16)8-11/h2-8,14,19H,1H3. The van der Waals surface area contributed by atoms with Crippen molar-refractivity contribution in [1.82, 2.24) is 0 Å². The second kappa shape index (κ2) is 6.30. The lowest BCUT2D eigenvalue weighted by Crippen LogP contribution is -2.22. The predicted molar refractivity (Wildman–Crippen MR) is 71.1 cm³/mol. The van der Waals surface area contributed by atoms with Crippen LogP contribution in [0.3, 0.4) is 0 Å². The third kappa shape index (κ3) is 3.53. The Hall–Kier alpha value is -2.50. The topological polar surface area (TPSA) is 38.3 Å². The number of nitrogens with one attached hydrogen (secondary N) is 1. The van der Waals surface area contributed by atoms with E-state index in [0.29, 0.717) is 5.69 Å². The van der Waals surface area contributed by atoms with E-state index in [0.717, 1.165) is 12.1 Å².